The summed E-state index contributed by atoms with van der Waals surface area (Å²) in [5, 5.41) is 8.91. The first-order chi connectivity index (χ1) is 5.69. The van der Waals surface area contributed by atoms with Gasteiger partial charge < -0.3 is 15.7 Å². The lowest BCUT2D eigenvalue weighted by Gasteiger charge is -2.20. The van der Waals surface area contributed by atoms with Gasteiger partial charge in [0.1, 0.15) is 0 Å². The van der Waals surface area contributed by atoms with Crippen molar-refractivity contribution in [3.05, 3.63) is 12.7 Å². The summed E-state index contributed by atoms with van der Waals surface area (Å²) in [5.41, 5.74) is 5.64. The van der Waals surface area contributed by atoms with Gasteiger partial charge in [0.2, 0.25) is 5.91 Å². The summed E-state index contributed by atoms with van der Waals surface area (Å²) in [6.07, 6.45) is 1.93. The van der Waals surface area contributed by atoms with Crippen molar-refractivity contribution in [2.24, 2.45) is 5.73 Å². The molecule has 1 fully saturated rings. The molecule has 4 heteroatoms. The van der Waals surface area contributed by atoms with Gasteiger partial charge in [-0.25, -0.2) is 0 Å². The molecule has 2 atom stereocenters. The minimum Gasteiger partial charge on any atom is -0.394 e. The van der Waals surface area contributed by atoms with E-state index in [2.05, 4.69) is 6.58 Å². The van der Waals surface area contributed by atoms with Crippen LogP contribution in [0.2, 0.25) is 0 Å². The number of aliphatic hydroxyl groups excluding tert-OH is 1. The molecule has 3 N–H and O–H groups in total. The average Bonchev–Trinajstić information content (AvgIpc) is 2.45. The lowest BCUT2D eigenvalue weighted by atomic mass is 10.2. The molecule has 0 saturated carbocycles. The predicted molar refractivity (Wildman–Crippen MR) is 45.4 cm³/mol. The summed E-state index contributed by atoms with van der Waals surface area (Å²) in [4.78, 5) is 12.7. The Morgan fingerprint density at radius 1 is 1.83 bits per heavy atom. The highest BCUT2D eigenvalue weighted by Crippen LogP contribution is 2.15. The fourth-order valence-corrected chi connectivity index (χ4v) is 1.51. The monoisotopic (exact) mass is 170 g/mol. The van der Waals surface area contributed by atoms with Gasteiger partial charge in [0.05, 0.1) is 12.6 Å². The first-order valence-electron chi connectivity index (χ1n) is 3.98. The minimum absolute atomic E-state index is 0.00829. The Balaban J connectivity index is 2.63. The van der Waals surface area contributed by atoms with E-state index in [-0.39, 0.29) is 24.6 Å². The highest BCUT2D eigenvalue weighted by atomic mass is 16.3. The van der Waals surface area contributed by atoms with Gasteiger partial charge in [-0.05, 0) is 12.5 Å². The minimum atomic E-state index is -0.151. The van der Waals surface area contributed by atoms with E-state index in [4.69, 9.17) is 10.8 Å². The van der Waals surface area contributed by atoms with Gasteiger partial charge in [0, 0.05) is 12.6 Å². The second kappa shape index (κ2) is 3.69. The maximum Gasteiger partial charge on any atom is 0.246 e. The highest BCUT2D eigenvalue weighted by molar-refractivity contribution is 5.87. The van der Waals surface area contributed by atoms with E-state index in [1.165, 1.54) is 6.08 Å². The van der Waals surface area contributed by atoms with Crippen LogP contribution in [0.1, 0.15) is 6.42 Å². The van der Waals surface area contributed by atoms with E-state index >= 15 is 0 Å². The van der Waals surface area contributed by atoms with Crippen molar-refractivity contribution in [2.75, 3.05) is 13.2 Å². The fourth-order valence-electron chi connectivity index (χ4n) is 1.51. The second-order valence-electron chi connectivity index (χ2n) is 3.03. The van der Waals surface area contributed by atoms with Crippen molar-refractivity contribution in [3.8, 4) is 0 Å². The first kappa shape index (κ1) is 9.22. The van der Waals surface area contributed by atoms with Crippen LogP contribution in [0.25, 0.3) is 0 Å². The Kier molecular flexibility index (Phi) is 2.83. The Morgan fingerprint density at radius 3 is 3.00 bits per heavy atom. The molecule has 0 aliphatic carbocycles. The third-order valence-electron chi connectivity index (χ3n) is 2.12. The van der Waals surface area contributed by atoms with Crippen LogP contribution in [-0.4, -0.2) is 41.1 Å². The number of likely N-dealkylation sites (tertiary alicyclic amines) is 1. The Hall–Kier alpha value is -0.870. The normalized spacial score (nSPS) is 29.0. The Morgan fingerprint density at radius 2 is 2.50 bits per heavy atom. The van der Waals surface area contributed by atoms with E-state index in [9.17, 15) is 4.79 Å². The lowest BCUT2D eigenvalue weighted by molar-refractivity contribution is -0.127. The molecule has 0 spiro atoms. The van der Waals surface area contributed by atoms with Gasteiger partial charge in [-0.15, -0.1) is 0 Å². The number of hydrogen-bond donors (Lipinski definition) is 2. The van der Waals surface area contributed by atoms with E-state index in [0.717, 1.165) is 0 Å². The lowest BCUT2D eigenvalue weighted by Crippen LogP contribution is -2.37. The molecular weight excluding hydrogens is 156 g/mol. The second-order valence-corrected chi connectivity index (χ2v) is 3.03. The molecule has 1 heterocycles. The van der Waals surface area contributed by atoms with Crippen molar-refractivity contribution >= 4 is 5.91 Å². The number of nitrogens with zero attached hydrogens (tertiary/aromatic N) is 1. The summed E-state index contributed by atoms with van der Waals surface area (Å²) in [6.45, 7) is 3.89. The van der Waals surface area contributed by atoms with Crippen molar-refractivity contribution in [3.63, 3.8) is 0 Å². The Bertz CT molecular complexity index is 193. The summed E-state index contributed by atoms with van der Waals surface area (Å²) in [5.74, 6) is -0.151. The first-order valence-corrected chi connectivity index (χ1v) is 3.98. The van der Waals surface area contributed by atoms with Crippen LogP contribution in [0, 0.1) is 0 Å². The van der Waals surface area contributed by atoms with Gasteiger partial charge in [-0.1, -0.05) is 6.58 Å². The standard InChI is InChI=1S/C8H14N2O2/c1-2-8(12)10-4-6(9)3-7(10)5-11/h2,6-7,11H,1,3-5,9H2/t6-,7+/m0/s1. The summed E-state index contributed by atoms with van der Waals surface area (Å²) >= 11 is 0. The largest absolute Gasteiger partial charge is 0.394 e. The topological polar surface area (TPSA) is 66.6 Å². The predicted octanol–water partition coefficient (Wildman–Crippen LogP) is -0.907. The van der Waals surface area contributed by atoms with Crippen molar-refractivity contribution < 1.29 is 9.90 Å². The van der Waals surface area contributed by atoms with Crippen molar-refractivity contribution in [2.45, 2.75) is 18.5 Å². The SMILES string of the molecule is C=CC(=O)N1C[C@@H](N)C[C@@H]1CO. The molecule has 0 aromatic heterocycles. The van der Waals surface area contributed by atoms with Gasteiger partial charge in [0.15, 0.2) is 0 Å². The zero-order valence-corrected chi connectivity index (χ0v) is 6.94. The molecule has 12 heavy (non-hydrogen) atoms. The zero-order valence-electron chi connectivity index (χ0n) is 6.94. The number of amides is 1. The average molecular weight is 170 g/mol. The number of hydrogen-bond acceptors (Lipinski definition) is 3. The van der Waals surface area contributed by atoms with E-state index < -0.39 is 0 Å². The smallest absolute Gasteiger partial charge is 0.246 e. The van der Waals surface area contributed by atoms with Crippen LogP contribution in [0.5, 0.6) is 0 Å². The molecule has 0 aromatic rings. The maximum absolute atomic E-state index is 11.2. The molecular formula is C8H14N2O2. The molecule has 0 bridgehead atoms. The molecule has 0 aromatic carbocycles. The number of carbonyl (C=O) groups is 1. The number of carbonyl (C=O) groups excluding carboxylic acids is 1. The Labute approximate surface area is 71.7 Å². The molecule has 68 valence electrons. The summed E-state index contributed by atoms with van der Waals surface area (Å²) in [6, 6.07) is -0.128. The van der Waals surface area contributed by atoms with Crippen molar-refractivity contribution in [1.29, 1.82) is 0 Å². The highest BCUT2D eigenvalue weighted by Gasteiger charge is 2.31. The third kappa shape index (κ3) is 1.65. The maximum atomic E-state index is 11.2. The van der Waals surface area contributed by atoms with Gasteiger partial charge in [-0.3, -0.25) is 4.79 Å². The van der Waals surface area contributed by atoms with E-state index in [1.807, 2.05) is 0 Å². The molecule has 1 rings (SSSR count). The molecule has 0 radical (unpaired) electrons. The third-order valence-corrected chi connectivity index (χ3v) is 2.12. The van der Waals surface area contributed by atoms with Crippen LogP contribution in [0.4, 0.5) is 0 Å². The zero-order chi connectivity index (χ0) is 9.14. The quantitative estimate of drug-likeness (QED) is 0.527. The molecule has 1 saturated heterocycles. The van der Waals surface area contributed by atoms with E-state index in [0.29, 0.717) is 13.0 Å². The van der Waals surface area contributed by atoms with E-state index in [1.54, 1.807) is 4.90 Å². The van der Waals surface area contributed by atoms with Gasteiger partial charge >= 0.3 is 0 Å². The molecule has 1 amide bonds. The number of nitrogens with two attached hydrogens (primary N) is 1. The van der Waals surface area contributed by atoms with Gasteiger partial charge in [0.25, 0.3) is 0 Å². The van der Waals surface area contributed by atoms with Crippen LogP contribution in [0.3, 0.4) is 0 Å². The molecule has 1 aliphatic heterocycles. The van der Waals surface area contributed by atoms with Crippen molar-refractivity contribution in [1.82, 2.24) is 4.90 Å². The van der Waals surface area contributed by atoms with Crippen LogP contribution >= 0.6 is 0 Å². The van der Waals surface area contributed by atoms with Crippen LogP contribution in [0.15, 0.2) is 12.7 Å². The summed E-state index contributed by atoms with van der Waals surface area (Å²) < 4.78 is 0. The van der Waals surface area contributed by atoms with Crippen LogP contribution < -0.4 is 5.73 Å². The number of rotatable bonds is 2. The summed E-state index contributed by atoms with van der Waals surface area (Å²) in [7, 11) is 0. The van der Waals surface area contributed by atoms with Crippen LogP contribution in [-0.2, 0) is 4.79 Å². The van der Waals surface area contributed by atoms with Gasteiger partial charge in [-0.2, -0.15) is 0 Å². The number of aliphatic hydroxyl groups is 1. The molecule has 0 unspecified atom stereocenters. The fraction of sp³-hybridized carbons (Fsp3) is 0.625. The molecule has 4 nitrogen and oxygen atoms in total. The molecule has 1 aliphatic rings.